The largest absolute Gasteiger partial charge is 0.374 e. The summed E-state index contributed by atoms with van der Waals surface area (Å²) in [5, 5.41) is 9.06. The highest BCUT2D eigenvalue weighted by Crippen LogP contribution is 2.36. The predicted molar refractivity (Wildman–Crippen MR) is 82.1 cm³/mol. The van der Waals surface area contributed by atoms with E-state index in [2.05, 4.69) is 10.4 Å². The van der Waals surface area contributed by atoms with Crippen LogP contribution in [-0.4, -0.2) is 21.4 Å². The normalized spacial score (nSPS) is 13.2. The Labute approximate surface area is 125 Å². The molecule has 3 N–H and O–H groups in total. The van der Waals surface area contributed by atoms with E-state index in [1.165, 1.54) is 4.68 Å². The van der Waals surface area contributed by atoms with Gasteiger partial charge in [-0.1, -0.05) is 23.2 Å². The van der Waals surface area contributed by atoms with E-state index in [4.69, 9.17) is 41.2 Å². The SMILES string of the molecule is NC(=S)n1nc(-c2ccc(Cl)cc2Cl)c2c1NCC2. The highest BCUT2D eigenvalue weighted by Gasteiger charge is 2.25. The van der Waals surface area contributed by atoms with Gasteiger partial charge in [-0.3, -0.25) is 0 Å². The minimum absolute atomic E-state index is 0.210. The lowest BCUT2D eigenvalue weighted by Crippen LogP contribution is -2.22. The third-order valence-corrected chi connectivity index (χ3v) is 3.77. The molecule has 19 heavy (non-hydrogen) atoms. The van der Waals surface area contributed by atoms with Crippen molar-refractivity contribution in [2.75, 3.05) is 11.9 Å². The first kappa shape index (κ1) is 12.7. The van der Waals surface area contributed by atoms with Gasteiger partial charge in [0.25, 0.3) is 0 Å². The Bertz CT molecular complexity index is 681. The Hall–Kier alpha value is -1.30. The fraction of sp³-hybridized carbons (Fsp3) is 0.167. The first-order chi connectivity index (χ1) is 9.08. The van der Waals surface area contributed by atoms with Gasteiger partial charge in [-0.15, -0.1) is 0 Å². The third kappa shape index (κ3) is 2.08. The smallest absolute Gasteiger partial charge is 0.193 e. The second kappa shape index (κ2) is 4.67. The van der Waals surface area contributed by atoms with E-state index in [9.17, 15) is 0 Å². The van der Waals surface area contributed by atoms with E-state index < -0.39 is 0 Å². The quantitative estimate of drug-likeness (QED) is 0.795. The average molecular weight is 313 g/mol. The van der Waals surface area contributed by atoms with Gasteiger partial charge in [0.2, 0.25) is 0 Å². The zero-order valence-electron chi connectivity index (χ0n) is 9.78. The van der Waals surface area contributed by atoms with Crippen LogP contribution in [0.5, 0.6) is 0 Å². The van der Waals surface area contributed by atoms with Crippen molar-refractivity contribution < 1.29 is 0 Å². The summed E-state index contributed by atoms with van der Waals surface area (Å²) in [7, 11) is 0. The summed E-state index contributed by atoms with van der Waals surface area (Å²) in [6.07, 6.45) is 0.867. The van der Waals surface area contributed by atoms with Crippen LogP contribution in [0.3, 0.4) is 0 Å². The zero-order valence-corrected chi connectivity index (χ0v) is 12.1. The molecule has 0 saturated carbocycles. The summed E-state index contributed by atoms with van der Waals surface area (Å²) in [5.74, 6) is 0.855. The van der Waals surface area contributed by atoms with Gasteiger partial charge in [-0.25, -0.2) is 0 Å². The van der Waals surface area contributed by atoms with Crippen LogP contribution in [0, 0.1) is 0 Å². The fourth-order valence-electron chi connectivity index (χ4n) is 2.23. The second-order valence-electron chi connectivity index (χ2n) is 4.23. The van der Waals surface area contributed by atoms with Gasteiger partial charge in [0.1, 0.15) is 5.82 Å². The summed E-state index contributed by atoms with van der Waals surface area (Å²) >= 11 is 17.2. The molecule has 2 heterocycles. The van der Waals surface area contributed by atoms with Crippen LogP contribution in [0.15, 0.2) is 18.2 Å². The number of rotatable bonds is 1. The molecule has 98 valence electrons. The molecule has 0 aliphatic carbocycles. The maximum absolute atomic E-state index is 6.24. The molecule has 0 spiro atoms. The minimum atomic E-state index is 0.210. The molecule has 3 rings (SSSR count). The molecule has 1 aliphatic heterocycles. The molecular formula is C12H10Cl2N4S. The van der Waals surface area contributed by atoms with Crippen molar-refractivity contribution in [3.8, 4) is 11.3 Å². The summed E-state index contributed by atoms with van der Waals surface area (Å²) in [6.45, 7) is 0.841. The number of nitrogens with two attached hydrogens (primary N) is 1. The fourth-order valence-corrected chi connectivity index (χ4v) is 2.86. The van der Waals surface area contributed by atoms with E-state index in [1.54, 1.807) is 12.1 Å². The van der Waals surface area contributed by atoms with Gasteiger partial charge < -0.3 is 11.1 Å². The lowest BCUT2D eigenvalue weighted by atomic mass is 10.1. The molecule has 0 fully saturated rings. The van der Waals surface area contributed by atoms with Gasteiger partial charge in [0.15, 0.2) is 5.11 Å². The van der Waals surface area contributed by atoms with Crippen LogP contribution in [0.2, 0.25) is 10.0 Å². The number of anilines is 1. The first-order valence-electron chi connectivity index (χ1n) is 5.69. The van der Waals surface area contributed by atoms with Crippen molar-refractivity contribution in [2.45, 2.75) is 6.42 Å². The Morgan fingerprint density at radius 3 is 2.89 bits per heavy atom. The van der Waals surface area contributed by atoms with E-state index in [0.717, 1.165) is 35.6 Å². The monoisotopic (exact) mass is 312 g/mol. The van der Waals surface area contributed by atoms with Crippen LogP contribution in [0.4, 0.5) is 5.82 Å². The van der Waals surface area contributed by atoms with E-state index in [0.29, 0.717) is 10.0 Å². The number of halogens is 2. The molecule has 0 unspecified atom stereocenters. The molecule has 0 radical (unpaired) electrons. The topological polar surface area (TPSA) is 55.9 Å². The van der Waals surface area contributed by atoms with Gasteiger partial charge in [-0.05, 0) is 36.8 Å². The van der Waals surface area contributed by atoms with Crippen LogP contribution in [-0.2, 0) is 6.42 Å². The van der Waals surface area contributed by atoms with E-state index in [1.807, 2.05) is 6.07 Å². The van der Waals surface area contributed by atoms with Crippen LogP contribution >= 0.6 is 35.4 Å². The number of benzene rings is 1. The number of fused-ring (bicyclic) bond motifs is 1. The molecule has 0 saturated heterocycles. The summed E-state index contributed by atoms with van der Waals surface area (Å²) < 4.78 is 1.54. The first-order valence-corrected chi connectivity index (χ1v) is 6.85. The highest BCUT2D eigenvalue weighted by atomic mass is 35.5. The van der Waals surface area contributed by atoms with Crippen molar-refractivity contribution in [3.05, 3.63) is 33.8 Å². The molecule has 0 amide bonds. The van der Waals surface area contributed by atoms with Gasteiger partial charge in [0, 0.05) is 22.7 Å². The van der Waals surface area contributed by atoms with Crippen molar-refractivity contribution in [3.63, 3.8) is 0 Å². The Balaban J connectivity index is 2.21. The summed E-state index contributed by atoms with van der Waals surface area (Å²) in [4.78, 5) is 0. The minimum Gasteiger partial charge on any atom is -0.374 e. The van der Waals surface area contributed by atoms with Gasteiger partial charge in [0.05, 0.1) is 10.7 Å². The molecule has 4 nitrogen and oxygen atoms in total. The highest BCUT2D eigenvalue weighted by molar-refractivity contribution is 7.80. The van der Waals surface area contributed by atoms with E-state index in [-0.39, 0.29) is 5.11 Å². The maximum atomic E-state index is 6.24. The molecule has 1 aromatic heterocycles. The average Bonchev–Trinajstić information content (AvgIpc) is 2.90. The van der Waals surface area contributed by atoms with Crippen LogP contribution in [0.25, 0.3) is 11.3 Å². The van der Waals surface area contributed by atoms with Crippen LogP contribution in [0.1, 0.15) is 5.56 Å². The van der Waals surface area contributed by atoms with Crippen molar-refractivity contribution in [1.82, 2.24) is 9.78 Å². The second-order valence-corrected chi connectivity index (χ2v) is 5.49. The molecule has 7 heteroatoms. The summed E-state index contributed by atoms with van der Waals surface area (Å²) in [5.41, 5.74) is 8.39. The van der Waals surface area contributed by atoms with Gasteiger partial charge in [-0.2, -0.15) is 9.78 Å². The number of nitrogens with zero attached hydrogens (tertiary/aromatic N) is 2. The van der Waals surface area contributed by atoms with E-state index >= 15 is 0 Å². The zero-order chi connectivity index (χ0) is 13.6. The van der Waals surface area contributed by atoms with Crippen molar-refractivity contribution in [2.24, 2.45) is 5.73 Å². The molecule has 1 aliphatic rings. The number of hydrogen-bond acceptors (Lipinski definition) is 3. The Kier molecular flexibility index (Phi) is 3.12. The number of thiocarbonyl (C=S) groups is 1. The van der Waals surface area contributed by atoms with Crippen molar-refractivity contribution in [1.29, 1.82) is 0 Å². The molecule has 0 atom stereocenters. The predicted octanol–water partition coefficient (Wildman–Crippen LogP) is 2.92. The molecule has 2 aromatic rings. The van der Waals surface area contributed by atoms with Crippen molar-refractivity contribution >= 4 is 46.4 Å². The number of hydrogen-bond donors (Lipinski definition) is 2. The van der Waals surface area contributed by atoms with Gasteiger partial charge >= 0.3 is 0 Å². The summed E-state index contributed by atoms with van der Waals surface area (Å²) in [6, 6.07) is 5.35. The Morgan fingerprint density at radius 1 is 1.42 bits per heavy atom. The molecular weight excluding hydrogens is 303 g/mol. The standard InChI is InChI=1S/C12H10Cl2N4S/c13-6-1-2-7(9(14)5-6)10-8-3-4-16-11(8)18(17-10)12(15)19/h1-2,5,16H,3-4H2,(H2,15,19). The number of nitrogens with one attached hydrogen (secondary N) is 1. The van der Waals surface area contributed by atoms with Crippen LogP contribution < -0.4 is 11.1 Å². The number of aromatic nitrogens is 2. The third-order valence-electron chi connectivity index (χ3n) is 3.05. The lowest BCUT2D eigenvalue weighted by molar-refractivity contribution is 0.935. The lowest BCUT2D eigenvalue weighted by Gasteiger charge is -2.04. The molecule has 0 bridgehead atoms. The Morgan fingerprint density at radius 2 is 2.21 bits per heavy atom. The maximum Gasteiger partial charge on any atom is 0.193 e. The molecule has 1 aromatic carbocycles.